The average Bonchev–Trinajstić information content (AvgIpc) is 2.38. The van der Waals surface area contributed by atoms with E-state index in [0.717, 1.165) is 21.2 Å². The molecule has 0 unspecified atom stereocenters. The van der Waals surface area contributed by atoms with E-state index in [-0.39, 0.29) is 0 Å². The summed E-state index contributed by atoms with van der Waals surface area (Å²) in [5, 5.41) is 11.8. The van der Waals surface area contributed by atoms with Crippen molar-refractivity contribution >= 4 is 23.1 Å². The zero-order chi connectivity index (χ0) is 12.7. The van der Waals surface area contributed by atoms with E-state index in [1.54, 1.807) is 11.8 Å². The Morgan fingerprint density at radius 1 is 1.00 bits per heavy atom. The molecule has 18 heavy (non-hydrogen) atoms. The molecule has 0 saturated carbocycles. The lowest BCUT2D eigenvalue weighted by Crippen LogP contribution is -2.17. The number of hydrogen-bond donors (Lipinski definition) is 1. The van der Waals surface area contributed by atoms with Crippen LogP contribution in [0.4, 0.5) is 11.4 Å². The Kier molecular flexibility index (Phi) is 2.80. The van der Waals surface area contributed by atoms with Gasteiger partial charge in [0.05, 0.1) is 11.4 Å². The lowest BCUT2D eigenvalue weighted by Gasteiger charge is -2.30. The van der Waals surface area contributed by atoms with Crippen LogP contribution in [-0.2, 0) is 0 Å². The molecule has 0 spiro atoms. The highest BCUT2D eigenvalue weighted by Gasteiger charge is 2.25. The number of rotatable bonds is 1. The van der Waals surface area contributed by atoms with Gasteiger partial charge in [-0.05, 0) is 29.7 Å². The number of nitrogens with zero attached hydrogens (tertiary/aromatic N) is 1. The summed E-state index contributed by atoms with van der Waals surface area (Å²) >= 11 is 1.72. The molecular weight excluding hydrogens is 242 g/mol. The van der Waals surface area contributed by atoms with E-state index in [1.807, 2.05) is 24.3 Å². The Hall–Kier alpha value is -1.45. The van der Waals surface area contributed by atoms with Gasteiger partial charge in [-0.2, -0.15) is 0 Å². The summed E-state index contributed by atoms with van der Waals surface area (Å²) < 4.78 is 0. The highest BCUT2D eigenvalue weighted by Crippen LogP contribution is 2.49. The van der Waals surface area contributed by atoms with Crippen molar-refractivity contribution in [3.63, 3.8) is 0 Å². The van der Waals surface area contributed by atoms with Gasteiger partial charge in [0.1, 0.15) is 0 Å². The third-order valence-corrected chi connectivity index (χ3v) is 4.29. The fourth-order valence-corrected chi connectivity index (χ4v) is 3.36. The van der Waals surface area contributed by atoms with Crippen molar-refractivity contribution in [2.45, 2.75) is 29.6 Å². The molecule has 0 saturated heterocycles. The van der Waals surface area contributed by atoms with Crippen LogP contribution < -0.4 is 5.06 Å². The number of benzene rings is 2. The third-order valence-electron chi connectivity index (χ3n) is 3.18. The van der Waals surface area contributed by atoms with Crippen LogP contribution in [0.2, 0.25) is 0 Å². The Balaban J connectivity index is 2.20. The molecule has 0 bridgehead atoms. The molecule has 3 rings (SSSR count). The fourth-order valence-electron chi connectivity index (χ4n) is 2.27. The maximum atomic E-state index is 10.5. The molecule has 2 aromatic carbocycles. The summed E-state index contributed by atoms with van der Waals surface area (Å²) in [4.78, 5) is 2.20. The zero-order valence-corrected chi connectivity index (χ0v) is 11.2. The molecule has 0 aliphatic carbocycles. The molecule has 0 radical (unpaired) electrons. The van der Waals surface area contributed by atoms with Gasteiger partial charge in [0, 0.05) is 9.79 Å². The van der Waals surface area contributed by atoms with Crippen molar-refractivity contribution in [1.29, 1.82) is 0 Å². The Morgan fingerprint density at radius 3 is 2.50 bits per heavy atom. The van der Waals surface area contributed by atoms with Crippen LogP contribution >= 0.6 is 11.8 Å². The second kappa shape index (κ2) is 4.34. The van der Waals surface area contributed by atoms with Crippen LogP contribution in [0.15, 0.2) is 52.3 Å². The predicted octanol–water partition coefficient (Wildman–Crippen LogP) is 4.80. The summed E-state index contributed by atoms with van der Waals surface area (Å²) in [6.45, 7) is 4.29. The predicted molar refractivity (Wildman–Crippen MR) is 75.0 cm³/mol. The van der Waals surface area contributed by atoms with E-state index >= 15 is 0 Å². The molecule has 3 heteroatoms. The molecule has 92 valence electrons. The number of hydrogen-bond acceptors (Lipinski definition) is 3. The van der Waals surface area contributed by atoms with Crippen molar-refractivity contribution < 1.29 is 5.21 Å². The Bertz CT molecular complexity index is 595. The van der Waals surface area contributed by atoms with Gasteiger partial charge in [-0.25, -0.2) is 5.06 Å². The molecule has 0 fully saturated rings. The molecular formula is C15H15NOS. The van der Waals surface area contributed by atoms with Gasteiger partial charge in [0.15, 0.2) is 0 Å². The second-order valence-corrected chi connectivity index (χ2v) is 5.81. The highest BCUT2D eigenvalue weighted by molar-refractivity contribution is 7.99. The quantitative estimate of drug-likeness (QED) is 0.793. The molecule has 0 amide bonds. The summed E-state index contributed by atoms with van der Waals surface area (Å²) in [5.74, 6) is 0.389. The molecule has 0 aromatic heterocycles. The van der Waals surface area contributed by atoms with Gasteiger partial charge in [-0.3, -0.25) is 5.21 Å². The molecule has 1 heterocycles. The summed E-state index contributed by atoms with van der Waals surface area (Å²) in [5.41, 5.74) is 2.97. The monoisotopic (exact) mass is 257 g/mol. The molecule has 1 N–H and O–H groups in total. The fraction of sp³-hybridized carbons (Fsp3) is 0.200. The standard InChI is InChI=1S/C15H15NOS/c1-10(2)11-6-5-9-14-15(11)16(17)12-7-3-4-8-13(12)18-14/h3-10,17H,1-2H3. The molecule has 2 aromatic rings. The number of anilines is 2. The van der Waals surface area contributed by atoms with Crippen molar-refractivity contribution in [2.24, 2.45) is 0 Å². The largest absolute Gasteiger partial charge is 0.283 e. The van der Waals surface area contributed by atoms with Crippen molar-refractivity contribution in [1.82, 2.24) is 0 Å². The van der Waals surface area contributed by atoms with E-state index in [0.29, 0.717) is 5.92 Å². The van der Waals surface area contributed by atoms with E-state index in [4.69, 9.17) is 0 Å². The minimum atomic E-state index is 0.389. The maximum Gasteiger partial charge on any atom is 0.0867 e. The third kappa shape index (κ3) is 1.71. The average molecular weight is 257 g/mol. The maximum absolute atomic E-state index is 10.5. The first-order chi connectivity index (χ1) is 8.68. The topological polar surface area (TPSA) is 23.5 Å². The first-order valence-corrected chi connectivity index (χ1v) is 6.89. The smallest absolute Gasteiger partial charge is 0.0867 e. The summed E-state index contributed by atoms with van der Waals surface area (Å²) in [6.07, 6.45) is 0. The lowest BCUT2D eigenvalue weighted by atomic mass is 10.0. The Labute approximate surface area is 111 Å². The van der Waals surface area contributed by atoms with Crippen LogP contribution in [0.3, 0.4) is 0 Å². The molecule has 1 aliphatic heterocycles. The normalized spacial score (nSPS) is 13.4. The summed E-state index contributed by atoms with van der Waals surface area (Å²) in [6, 6.07) is 14.1. The van der Waals surface area contributed by atoms with Crippen LogP contribution in [0.25, 0.3) is 0 Å². The van der Waals surface area contributed by atoms with Gasteiger partial charge < -0.3 is 0 Å². The minimum absolute atomic E-state index is 0.389. The first kappa shape index (κ1) is 11.6. The van der Waals surface area contributed by atoms with Crippen LogP contribution in [-0.4, -0.2) is 5.21 Å². The van der Waals surface area contributed by atoms with Gasteiger partial charge in [-0.1, -0.05) is 49.9 Å². The van der Waals surface area contributed by atoms with E-state index in [2.05, 4.69) is 32.0 Å². The number of para-hydroxylation sites is 2. The van der Waals surface area contributed by atoms with E-state index < -0.39 is 0 Å². The number of fused-ring (bicyclic) bond motifs is 2. The molecule has 2 nitrogen and oxygen atoms in total. The van der Waals surface area contributed by atoms with Crippen LogP contribution in [0, 0.1) is 0 Å². The van der Waals surface area contributed by atoms with Crippen molar-refractivity contribution in [3.8, 4) is 0 Å². The Morgan fingerprint density at radius 2 is 1.72 bits per heavy atom. The van der Waals surface area contributed by atoms with Crippen molar-refractivity contribution in [2.75, 3.05) is 5.06 Å². The van der Waals surface area contributed by atoms with Crippen LogP contribution in [0.5, 0.6) is 0 Å². The molecule has 1 aliphatic rings. The first-order valence-electron chi connectivity index (χ1n) is 6.07. The summed E-state index contributed by atoms with van der Waals surface area (Å²) in [7, 11) is 0. The van der Waals surface area contributed by atoms with E-state index in [9.17, 15) is 5.21 Å². The second-order valence-electron chi connectivity index (χ2n) is 4.73. The molecule has 0 atom stereocenters. The SMILES string of the molecule is CC(C)c1cccc2c1N(O)c1ccccc1S2. The van der Waals surface area contributed by atoms with Gasteiger partial charge in [0.2, 0.25) is 0 Å². The lowest BCUT2D eigenvalue weighted by molar-refractivity contribution is 0.295. The zero-order valence-electron chi connectivity index (χ0n) is 10.4. The highest BCUT2D eigenvalue weighted by atomic mass is 32.2. The van der Waals surface area contributed by atoms with Crippen LogP contribution in [0.1, 0.15) is 25.3 Å². The van der Waals surface area contributed by atoms with Gasteiger partial charge in [0.25, 0.3) is 0 Å². The minimum Gasteiger partial charge on any atom is -0.283 e. The van der Waals surface area contributed by atoms with Crippen molar-refractivity contribution in [3.05, 3.63) is 48.0 Å². The van der Waals surface area contributed by atoms with Gasteiger partial charge >= 0.3 is 0 Å². The van der Waals surface area contributed by atoms with E-state index in [1.165, 1.54) is 10.6 Å². The van der Waals surface area contributed by atoms with Gasteiger partial charge in [-0.15, -0.1) is 0 Å².